The fourth-order valence-corrected chi connectivity index (χ4v) is 4.65. The fraction of sp³-hybridized carbons (Fsp3) is 0.909. The van der Waals surface area contributed by atoms with E-state index in [4.69, 9.17) is 18.0 Å². The van der Waals surface area contributed by atoms with Gasteiger partial charge in [0, 0.05) is 25.7 Å². The Hall–Kier alpha value is -0.240. The zero-order valence-corrected chi connectivity index (χ0v) is 12.9. The standard InChI is InChI=1S/C11H23N3O2S2/c1-4-9-8-14(7-6-13(9)3)18(15,16)10(5-2)11(12)17/h9-10H,4-8H2,1-3H3,(H2,12,17). The minimum atomic E-state index is -3.40. The van der Waals surface area contributed by atoms with E-state index < -0.39 is 15.3 Å². The number of rotatable bonds is 5. The van der Waals surface area contributed by atoms with Crippen molar-refractivity contribution in [1.29, 1.82) is 0 Å². The molecular formula is C11H23N3O2S2. The Morgan fingerprint density at radius 3 is 2.50 bits per heavy atom. The van der Waals surface area contributed by atoms with E-state index in [9.17, 15) is 8.42 Å². The summed E-state index contributed by atoms with van der Waals surface area (Å²) in [6.45, 7) is 5.69. The predicted octanol–water partition coefficient (Wildman–Crippen LogP) is 0.407. The van der Waals surface area contributed by atoms with E-state index in [0.717, 1.165) is 13.0 Å². The van der Waals surface area contributed by atoms with Gasteiger partial charge >= 0.3 is 0 Å². The lowest BCUT2D eigenvalue weighted by Gasteiger charge is -2.39. The molecule has 1 rings (SSSR count). The van der Waals surface area contributed by atoms with Gasteiger partial charge in [0.05, 0.1) is 4.99 Å². The number of thiocarbonyl (C=S) groups is 1. The molecule has 0 spiro atoms. The molecule has 0 aromatic carbocycles. The first-order valence-electron chi connectivity index (χ1n) is 6.33. The molecule has 0 aromatic rings. The SMILES string of the molecule is CCC1CN(S(=O)(=O)C(CC)C(N)=S)CCN1C. The fourth-order valence-electron chi connectivity index (χ4n) is 2.33. The summed E-state index contributed by atoms with van der Waals surface area (Å²) in [4.78, 5) is 2.28. The maximum Gasteiger partial charge on any atom is 0.223 e. The van der Waals surface area contributed by atoms with Crippen molar-refractivity contribution in [2.75, 3.05) is 26.7 Å². The van der Waals surface area contributed by atoms with Gasteiger partial charge in [-0.25, -0.2) is 8.42 Å². The van der Waals surface area contributed by atoms with Crippen LogP contribution in [0.15, 0.2) is 0 Å². The number of nitrogens with zero attached hydrogens (tertiary/aromatic N) is 2. The third-order valence-corrected chi connectivity index (χ3v) is 6.41. The Kier molecular flexibility index (Phi) is 5.51. The van der Waals surface area contributed by atoms with Crippen molar-refractivity contribution in [3.05, 3.63) is 0 Å². The quantitative estimate of drug-likeness (QED) is 0.744. The summed E-state index contributed by atoms with van der Waals surface area (Å²) in [7, 11) is -1.37. The molecule has 106 valence electrons. The average Bonchev–Trinajstić information content (AvgIpc) is 2.29. The van der Waals surface area contributed by atoms with E-state index in [0.29, 0.717) is 19.5 Å². The molecule has 1 fully saturated rings. The topological polar surface area (TPSA) is 66.6 Å². The van der Waals surface area contributed by atoms with Crippen molar-refractivity contribution < 1.29 is 8.42 Å². The van der Waals surface area contributed by atoms with Gasteiger partial charge in [0.25, 0.3) is 0 Å². The molecule has 1 saturated heterocycles. The van der Waals surface area contributed by atoms with Gasteiger partial charge in [0.1, 0.15) is 5.25 Å². The lowest BCUT2D eigenvalue weighted by atomic mass is 10.1. The second-order valence-corrected chi connectivity index (χ2v) is 7.33. The Labute approximate surface area is 115 Å². The van der Waals surface area contributed by atoms with Crippen LogP contribution in [0.1, 0.15) is 26.7 Å². The van der Waals surface area contributed by atoms with Crippen molar-refractivity contribution in [1.82, 2.24) is 9.21 Å². The van der Waals surface area contributed by atoms with Gasteiger partial charge in [-0.2, -0.15) is 4.31 Å². The summed E-state index contributed by atoms with van der Waals surface area (Å²) in [6, 6.07) is 0.275. The third-order valence-electron chi connectivity index (χ3n) is 3.62. The normalized spacial score (nSPS) is 24.9. The van der Waals surface area contributed by atoms with Crippen molar-refractivity contribution in [2.45, 2.75) is 38.0 Å². The number of hydrogen-bond acceptors (Lipinski definition) is 4. The second-order valence-electron chi connectivity index (χ2n) is 4.74. The summed E-state index contributed by atoms with van der Waals surface area (Å²) >= 11 is 4.88. The second kappa shape index (κ2) is 6.27. The summed E-state index contributed by atoms with van der Waals surface area (Å²) in [5.41, 5.74) is 5.55. The van der Waals surface area contributed by atoms with Crippen molar-refractivity contribution in [2.24, 2.45) is 5.73 Å². The molecule has 0 aromatic heterocycles. The monoisotopic (exact) mass is 293 g/mol. The number of sulfonamides is 1. The first kappa shape index (κ1) is 15.8. The van der Waals surface area contributed by atoms with Crippen LogP contribution in [0, 0.1) is 0 Å². The van der Waals surface area contributed by atoms with Crippen LogP contribution >= 0.6 is 12.2 Å². The maximum absolute atomic E-state index is 12.5. The van der Waals surface area contributed by atoms with Gasteiger partial charge in [0.15, 0.2) is 0 Å². The molecule has 0 saturated carbocycles. The smallest absolute Gasteiger partial charge is 0.223 e. The number of nitrogens with two attached hydrogens (primary N) is 1. The number of piperazine rings is 1. The summed E-state index contributed by atoms with van der Waals surface area (Å²) < 4.78 is 26.5. The highest BCUT2D eigenvalue weighted by molar-refractivity contribution is 7.92. The average molecular weight is 293 g/mol. The Bertz CT molecular complexity index is 397. The van der Waals surface area contributed by atoms with E-state index >= 15 is 0 Å². The highest BCUT2D eigenvalue weighted by Crippen LogP contribution is 2.19. The van der Waals surface area contributed by atoms with Crippen molar-refractivity contribution >= 4 is 27.2 Å². The van der Waals surface area contributed by atoms with E-state index in [-0.39, 0.29) is 11.0 Å². The number of likely N-dealkylation sites (N-methyl/N-ethyl adjacent to an activating group) is 1. The molecule has 2 atom stereocenters. The van der Waals surface area contributed by atoms with Crippen LogP contribution in [0.3, 0.4) is 0 Å². The minimum absolute atomic E-state index is 0.0736. The molecule has 5 nitrogen and oxygen atoms in total. The molecule has 0 aliphatic carbocycles. The largest absolute Gasteiger partial charge is 0.392 e. The van der Waals surface area contributed by atoms with Crippen molar-refractivity contribution in [3.8, 4) is 0 Å². The zero-order chi connectivity index (χ0) is 13.9. The third kappa shape index (κ3) is 3.20. The van der Waals surface area contributed by atoms with Gasteiger partial charge in [0.2, 0.25) is 10.0 Å². The molecular weight excluding hydrogens is 270 g/mol. The van der Waals surface area contributed by atoms with Crippen LogP contribution in [0.4, 0.5) is 0 Å². The van der Waals surface area contributed by atoms with E-state index in [2.05, 4.69) is 11.8 Å². The molecule has 0 radical (unpaired) electrons. The van der Waals surface area contributed by atoms with Crippen LogP contribution < -0.4 is 5.73 Å². The molecule has 2 N–H and O–H groups in total. The summed E-state index contributed by atoms with van der Waals surface area (Å²) in [5, 5.41) is -0.728. The molecule has 0 amide bonds. The number of hydrogen-bond donors (Lipinski definition) is 1. The van der Waals surface area contributed by atoms with Crippen LogP contribution in [-0.2, 0) is 10.0 Å². The molecule has 1 heterocycles. The van der Waals surface area contributed by atoms with Crippen LogP contribution in [0.25, 0.3) is 0 Å². The Balaban J connectivity index is 2.89. The maximum atomic E-state index is 12.5. The Morgan fingerprint density at radius 1 is 1.44 bits per heavy atom. The van der Waals surface area contributed by atoms with Gasteiger partial charge in [-0.1, -0.05) is 26.1 Å². The minimum Gasteiger partial charge on any atom is -0.392 e. The molecule has 0 bridgehead atoms. The van der Waals surface area contributed by atoms with Crippen LogP contribution in [-0.4, -0.2) is 60.6 Å². The van der Waals surface area contributed by atoms with E-state index in [1.54, 1.807) is 11.2 Å². The summed E-state index contributed by atoms with van der Waals surface area (Å²) in [5.74, 6) is 0. The van der Waals surface area contributed by atoms with Gasteiger partial charge in [-0.3, -0.25) is 0 Å². The van der Waals surface area contributed by atoms with Gasteiger partial charge in [-0.15, -0.1) is 0 Å². The Morgan fingerprint density at radius 2 is 2.06 bits per heavy atom. The van der Waals surface area contributed by atoms with Gasteiger partial charge < -0.3 is 10.6 Å². The lowest BCUT2D eigenvalue weighted by Crippen LogP contribution is -2.56. The van der Waals surface area contributed by atoms with E-state index in [1.807, 2.05) is 7.05 Å². The van der Waals surface area contributed by atoms with Crippen molar-refractivity contribution in [3.63, 3.8) is 0 Å². The molecule has 7 heteroatoms. The first-order valence-corrected chi connectivity index (χ1v) is 8.24. The molecule has 2 unspecified atom stereocenters. The molecule has 18 heavy (non-hydrogen) atoms. The zero-order valence-electron chi connectivity index (χ0n) is 11.3. The lowest BCUT2D eigenvalue weighted by molar-refractivity contribution is 0.143. The predicted molar refractivity (Wildman–Crippen MR) is 78.1 cm³/mol. The van der Waals surface area contributed by atoms with Crippen LogP contribution in [0.2, 0.25) is 0 Å². The first-order chi connectivity index (χ1) is 8.34. The van der Waals surface area contributed by atoms with Crippen LogP contribution in [0.5, 0.6) is 0 Å². The highest BCUT2D eigenvalue weighted by Gasteiger charge is 2.36. The van der Waals surface area contributed by atoms with Gasteiger partial charge in [-0.05, 0) is 19.9 Å². The molecule has 1 aliphatic heterocycles. The highest BCUT2D eigenvalue weighted by atomic mass is 32.2. The molecule has 1 aliphatic rings. The van der Waals surface area contributed by atoms with E-state index in [1.165, 1.54) is 0 Å². The summed E-state index contributed by atoms with van der Waals surface area (Å²) in [6.07, 6.45) is 1.37.